The van der Waals surface area contributed by atoms with Crippen LogP contribution in [0.5, 0.6) is 0 Å². The topological polar surface area (TPSA) is 59.1 Å². The molecule has 0 spiro atoms. The molecule has 2 aromatic rings. The normalized spacial score (nSPS) is 13.0. The van der Waals surface area contributed by atoms with Gasteiger partial charge in [0.1, 0.15) is 0 Å². The van der Waals surface area contributed by atoms with Gasteiger partial charge in [0, 0.05) is 24.9 Å². The monoisotopic (exact) mass is 318 g/mol. The lowest BCUT2D eigenvalue weighted by Crippen LogP contribution is -2.30. The maximum Gasteiger partial charge on any atom is 0.211 e. The summed E-state index contributed by atoms with van der Waals surface area (Å²) in [5.41, 5.74) is 3.43. The number of sulfonamides is 1. The summed E-state index contributed by atoms with van der Waals surface area (Å²) in [5.74, 6) is 0.187. The van der Waals surface area contributed by atoms with Crippen molar-refractivity contribution in [1.29, 1.82) is 0 Å². The minimum Gasteiger partial charge on any atom is -0.264 e. The van der Waals surface area contributed by atoms with Gasteiger partial charge in [-0.25, -0.2) is 13.1 Å². The second-order valence-electron chi connectivity index (χ2n) is 5.42. The van der Waals surface area contributed by atoms with E-state index in [0.717, 1.165) is 17.5 Å². The zero-order valence-electron chi connectivity index (χ0n) is 13.0. The molecule has 0 saturated carbocycles. The number of pyridine rings is 1. The van der Waals surface area contributed by atoms with E-state index in [2.05, 4.69) is 34.0 Å². The van der Waals surface area contributed by atoms with Gasteiger partial charge in [0.15, 0.2) is 0 Å². The van der Waals surface area contributed by atoms with Crippen molar-refractivity contribution >= 4 is 10.0 Å². The first-order valence-electron chi connectivity index (χ1n) is 7.43. The first-order chi connectivity index (χ1) is 10.5. The molecule has 22 heavy (non-hydrogen) atoms. The van der Waals surface area contributed by atoms with E-state index in [-0.39, 0.29) is 11.7 Å². The van der Waals surface area contributed by atoms with Gasteiger partial charge in [0.05, 0.1) is 5.75 Å². The Kier molecular flexibility index (Phi) is 5.69. The molecule has 1 N–H and O–H groups in total. The quantitative estimate of drug-likeness (QED) is 0.854. The average molecular weight is 318 g/mol. The lowest BCUT2D eigenvalue weighted by atomic mass is 9.92. The highest BCUT2D eigenvalue weighted by molar-refractivity contribution is 7.89. The molecule has 1 atom stereocenters. The molecule has 0 saturated heterocycles. The van der Waals surface area contributed by atoms with E-state index in [9.17, 15) is 8.42 Å². The van der Waals surface area contributed by atoms with E-state index >= 15 is 0 Å². The molecule has 1 heterocycles. The molecule has 2 rings (SSSR count). The van der Waals surface area contributed by atoms with Crippen LogP contribution in [0.3, 0.4) is 0 Å². The predicted molar refractivity (Wildman–Crippen MR) is 89.3 cm³/mol. The van der Waals surface area contributed by atoms with E-state index in [1.165, 1.54) is 5.56 Å². The van der Waals surface area contributed by atoms with Crippen LogP contribution in [-0.4, -0.2) is 25.7 Å². The average Bonchev–Trinajstić information content (AvgIpc) is 2.53. The molecule has 1 aromatic carbocycles. The molecule has 0 aliphatic rings. The standard InChI is InChI=1S/C17H22N2O2S/c1-3-22(20,21)19-13-17(11-15-5-4-10-18-12-15)16-8-6-14(2)7-9-16/h4-10,12,17,19H,3,11,13H2,1-2H3. The van der Waals surface area contributed by atoms with E-state index in [1.54, 1.807) is 13.1 Å². The van der Waals surface area contributed by atoms with Crippen LogP contribution in [0.25, 0.3) is 0 Å². The van der Waals surface area contributed by atoms with Crippen molar-refractivity contribution in [1.82, 2.24) is 9.71 Å². The second kappa shape index (κ2) is 7.51. The molecule has 118 valence electrons. The van der Waals surface area contributed by atoms with Crippen LogP contribution >= 0.6 is 0 Å². The van der Waals surface area contributed by atoms with Crippen molar-refractivity contribution in [3.63, 3.8) is 0 Å². The van der Waals surface area contributed by atoms with Gasteiger partial charge in [0.2, 0.25) is 10.0 Å². The van der Waals surface area contributed by atoms with E-state index in [0.29, 0.717) is 6.54 Å². The van der Waals surface area contributed by atoms with E-state index in [4.69, 9.17) is 0 Å². The highest BCUT2D eigenvalue weighted by Crippen LogP contribution is 2.21. The Morgan fingerprint density at radius 1 is 1.18 bits per heavy atom. The highest BCUT2D eigenvalue weighted by atomic mass is 32.2. The van der Waals surface area contributed by atoms with Gasteiger partial charge in [-0.05, 0) is 37.5 Å². The summed E-state index contributed by atoms with van der Waals surface area (Å²) in [6.45, 7) is 4.08. The van der Waals surface area contributed by atoms with Crippen molar-refractivity contribution < 1.29 is 8.42 Å². The van der Waals surface area contributed by atoms with Gasteiger partial charge in [0.25, 0.3) is 0 Å². The molecule has 0 aliphatic carbocycles. The first kappa shape index (κ1) is 16.6. The SMILES string of the molecule is CCS(=O)(=O)NCC(Cc1cccnc1)c1ccc(C)cc1. The van der Waals surface area contributed by atoms with Crippen molar-refractivity contribution in [2.24, 2.45) is 0 Å². The van der Waals surface area contributed by atoms with Crippen LogP contribution in [0.2, 0.25) is 0 Å². The van der Waals surface area contributed by atoms with Crippen LogP contribution < -0.4 is 4.72 Å². The van der Waals surface area contributed by atoms with Crippen molar-refractivity contribution in [3.05, 3.63) is 65.5 Å². The molecule has 0 bridgehead atoms. The lowest BCUT2D eigenvalue weighted by molar-refractivity contribution is 0.569. The van der Waals surface area contributed by atoms with Gasteiger partial charge < -0.3 is 0 Å². The minimum atomic E-state index is -3.19. The summed E-state index contributed by atoms with van der Waals surface area (Å²) in [5, 5.41) is 0. The number of aromatic nitrogens is 1. The molecule has 0 aliphatic heterocycles. The number of nitrogens with zero attached hydrogens (tertiary/aromatic N) is 1. The number of hydrogen-bond acceptors (Lipinski definition) is 3. The Morgan fingerprint density at radius 3 is 2.50 bits per heavy atom. The van der Waals surface area contributed by atoms with Crippen molar-refractivity contribution in [2.75, 3.05) is 12.3 Å². The van der Waals surface area contributed by atoms with Crippen LogP contribution in [-0.2, 0) is 16.4 Å². The zero-order chi connectivity index (χ0) is 16.0. The second-order valence-corrected chi connectivity index (χ2v) is 7.52. The fourth-order valence-electron chi connectivity index (χ4n) is 2.28. The summed E-state index contributed by atoms with van der Waals surface area (Å²) >= 11 is 0. The van der Waals surface area contributed by atoms with Crippen LogP contribution in [0.15, 0.2) is 48.8 Å². The van der Waals surface area contributed by atoms with Crippen molar-refractivity contribution in [2.45, 2.75) is 26.2 Å². The Labute approximate surface area is 132 Å². The fraction of sp³-hybridized carbons (Fsp3) is 0.353. The van der Waals surface area contributed by atoms with Gasteiger partial charge in [-0.15, -0.1) is 0 Å². The minimum absolute atomic E-state index is 0.0890. The molecule has 0 radical (unpaired) electrons. The lowest BCUT2D eigenvalue weighted by Gasteiger charge is -2.18. The highest BCUT2D eigenvalue weighted by Gasteiger charge is 2.16. The van der Waals surface area contributed by atoms with E-state index < -0.39 is 10.0 Å². The van der Waals surface area contributed by atoms with Gasteiger partial charge in [-0.1, -0.05) is 35.9 Å². The Morgan fingerprint density at radius 2 is 1.91 bits per heavy atom. The molecule has 0 fully saturated rings. The third-order valence-electron chi connectivity index (χ3n) is 3.68. The Bertz CT molecular complexity index is 682. The third-order valence-corrected chi connectivity index (χ3v) is 5.05. The van der Waals surface area contributed by atoms with Crippen LogP contribution in [0.4, 0.5) is 0 Å². The largest absolute Gasteiger partial charge is 0.264 e. The third kappa shape index (κ3) is 4.93. The molecule has 5 heteroatoms. The number of nitrogens with one attached hydrogen (secondary N) is 1. The molecular weight excluding hydrogens is 296 g/mol. The smallest absolute Gasteiger partial charge is 0.211 e. The van der Waals surface area contributed by atoms with Crippen LogP contribution in [0.1, 0.15) is 29.5 Å². The maximum absolute atomic E-state index is 11.7. The van der Waals surface area contributed by atoms with Crippen LogP contribution in [0, 0.1) is 6.92 Å². The van der Waals surface area contributed by atoms with E-state index in [1.807, 2.05) is 25.3 Å². The first-order valence-corrected chi connectivity index (χ1v) is 9.08. The summed E-state index contributed by atoms with van der Waals surface area (Å²) < 4.78 is 26.1. The summed E-state index contributed by atoms with van der Waals surface area (Å²) in [4.78, 5) is 4.13. The zero-order valence-corrected chi connectivity index (χ0v) is 13.8. The van der Waals surface area contributed by atoms with Gasteiger partial charge in [-0.2, -0.15) is 0 Å². The van der Waals surface area contributed by atoms with Gasteiger partial charge in [-0.3, -0.25) is 4.98 Å². The molecule has 1 unspecified atom stereocenters. The molecular formula is C17H22N2O2S. The van der Waals surface area contributed by atoms with Gasteiger partial charge >= 0.3 is 0 Å². The Hall–Kier alpha value is -1.72. The fourth-order valence-corrected chi connectivity index (χ4v) is 2.94. The van der Waals surface area contributed by atoms with Crippen molar-refractivity contribution in [3.8, 4) is 0 Å². The number of hydrogen-bond donors (Lipinski definition) is 1. The number of aryl methyl sites for hydroxylation is 1. The summed E-state index contributed by atoms with van der Waals surface area (Å²) in [7, 11) is -3.19. The molecule has 1 aromatic heterocycles. The Balaban J connectivity index is 2.18. The number of rotatable bonds is 7. The molecule has 0 amide bonds. The summed E-state index contributed by atoms with van der Waals surface area (Å²) in [6, 6.07) is 12.2. The molecule has 4 nitrogen and oxygen atoms in total. The summed E-state index contributed by atoms with van der Waals surface area (Å²) in [6.07, 6.45) is 4.32. The number of benzene rings is 1. The predicted octanol–water partition coefficient (Wildman–Crippen LogP) is 2.66. The maximum atomic E-state index is 11.7.